The Balaban J connectivity index is 1.61. The van der Waals surface area contributed by atoms with Gasteiger partial charge in [-0.15, -0.1) is 0 Å². The molecule has 0 atom stereocenters. The summed E-state index contributed by atoms with van der Waals surface area (Å²) in [5.41, 5.74) is 7.87. The summed E-state index contributed by atoms with van der Waals surface area (Å²) in [4.78, 5) is 35.3. The van der Waals surface area contributed by atoms with E-state index in [1.54, 1.807) is 18.3 Å². The molecular formula is C32H24N4O5. The quantitative estimate of drug-likeness (QED) is 0.107. The second kappa shape index (κ2) is 11.9. The maximum Gasteiger partial charge on any atom is 0.337 e. The first kappa shape index (κ1) is 26.8. The summed E-state index contributed by atoms with van der Waals surface area (Å²) in [6.07, 6.45) is 1.54. The number of nitrogens with zero attached hydrogens (tertiary/aromatic N) is 3. The van der Waals surface area contributed by atoms with Crippen molar-refractivity contribution >= 4 is 23.8 Å². The molecule has 0 aliphatic rings. The lowest BCUT2D eigenvalue weighted by atomic mass is 10.1. The number of esters is 1. The van der Waals surface area contributed by atoms with Crippen molar-refractivity contribution in [2.24, 2.45) is 5.10 Å². The summed E-state index contributed by atoms with van der Waals surface area (Å²) in [7, 11) is 1.34. The minimum absolute atomic E-state index is 0.118. The molecule has 0 saturated carbocycles. The summed E-state index contributed by atoms with van der Waals surface area (Å²) in [5.74, 6) is -1.00. The van der Waals surface area contributed by atoms with E-state index in [2.05, 4.69) is 15.1 Å². The van der Waals surface area contributed by atoms with Crippen molar-refractivity contribution in [1.82, 2.24) is 9.99 Å². The van der Waals surface area contributed by atoms with Gasteiger partial charge in [0.25, 0.3) is 11.6 Å². The molecule has 0 spiro atoms. The van der Waals surface area contributed by atoms with E-state index in [9.17, 15) is 19.7 Å². The number of amides is 1. The van der Waals surface area contributed by atoms with Crippen LogP contribution in [0, 0.1) is 10.1 Å². The van der Waals surface area contributed by atoms with Crippen LogP contribution in [0.4, 0.5) is 5.69 Å². The minimum atomic E-state index is -0.577. The molecule has 0 saturated heterocycles. The van der Waals surface area contributed by atoms with E-state index in [4.69, 9.17) is 4.74 Å². The number of rotatable bonds is 8. The van der Waals surface area contributed by atoms with E-state index in [0.29, 0.717) is 11.1 Å². The molecular weight excluding hydrogens is 520 g/mol. The molecule has 1 N–H and O–H groups in total. The fourth-order valence-corrected chi connectivity index (χ4v) is 4.46. The van der Waals surface area contributed by atoms with E-state index >= 15 is 0 Å². The number of benzene rings is 4. The summed E-state index contributed by atoms with van der Waals surface area (Å²) in [5, 5.41) is 15.3. The number of nitro benzene ring substituents is 1. The summed E-state index contributed by atoms with van der Waals surface area (Å²) in [6.45, 7) is 0. The number of hydrogen-bond acceptors (Lipinski definition) is 6. The predicted molar refractivity (Wildman–Crippen MR) is 156 cm³/mol. The van der Waals surface area contributed by atoms with Gasteiger partial charge in [-0.1, -0.05) is 66.7 Å². The standard InChI is InChI=1S/C32H24N4O5/c1-41-32(38)24-15-17-27(18-16-24)35-29(22-9-4-2-5-10-22)20-26(30(35)23-11-6-3-7-12-23)21-33-34-31(37)25-13-8-14-28(19-25)36(39)40/h2-21H,1H3,(H,34,37)/b33-21+. The fraction of sp³-hybridized carbons (Fsp3) is 0.0312. The highest BCUT2D eigenvalue weighted by atomic mass is 16.6. The second-order valence-corrected chi connectivity index (χ2v) is 8.95. The van der Waals surface area contributed by atoms with E-state index in [1.165, 1.54) is 31.4 Å². The number of carbonyl (C=O) groups is 2. The molecule has 4 aromatic carbocycles. The van der Waals surface area contributed by atoms with Gasteiger partial charge in [-0.2, -0.15) is 5.10 Å². The Labute approximate surface area is 235 Å². The number of nitro groups is 1. The number of hydrazone groups is 1. The van der Waals surface area contributed by atoms with Crippen LogP contribution in [0.5, 0.6) is 0 Å². The zero-order chi connectivity index (χ0) is 28.8. The van der Waals surface area contributed by atoms with Gasteiger partial charge in [0.15, 0.2) is 0 Å². The summed E-state index contributed by atoms with van der Waals surface area (Å²) in [6, 6.07) is 34.1. The van der Waals surface area contributed by atoms with Gasteiger partial charge >= 0.3 is 5.97 Å². The third kappa shape index (κ3) is 5.79. The van der Waals surface area contributed by atoms with Crippen molar-refractivity contribution in [3.63, 3.8) is 0 Å². The molecule has 9 heteroatoms. The second-order valence-electron chi connectivity index (χ2n) is 8.95. The van der Waals surface area contributed by atoms with Crippen molar-refractivity contribution in [3.05, 3.63) is 142 Å². The molecule has 0 radical (unpaired) electrons. The number of methoxy groups -OCH3 is 1. The van der Waals surface area contributed by atoms with Crippen LogP contribution in [-0.2, 0) is 4.74 Å². The number of ether oxygens (including phenoxy) is 1. The summed E-state index contributed by atoms with van der Waals surface area (Å²) < 4.78 is 6.92. The van der Waals surface area contributed by atoms with Gasteiger partial charge in [0.1, 0.15) is 0 Å². The molecule has 0 unspecified atom stereocenters. The molecule has 5 aromatic rings. The Hall–Kier alpha value is -5.83. The SMILES string of the molecule is COC(=O)c1ccc(-n2c(-c3ccccc3)cc(/C=N/NC(=O)c3cccc([N+](=O)[O-])c3)c2-c2ccccc2)cc1. The van der Waals surface area contributed by atoms with E-state index in [0.717, 1.165) is 28.2 Å². The van der Waals surface area contributed by atoms with Crippen molar-refractivity contribution in [2.45, 2.75) is 0 Å². The predicted octanol–water partition coefficient (Wildman–Crippen LogP) is 6.27. The molecule has 0 fully saturated rings. The topological polar surface area (TPSA) is 116 Å². The van der Waals surface area contributed by atoms with E-state index < -0.39 is 16.8 Å². The van der Waals surface area contributed by atoms with Crippen molar-refractivity contribution in [1.29, 1.82) is 0 Å². The summed E-state index contributed by atoms with van der Waals surface area (Å²) >= 11 is 0. The van der Waals surface area contributed by atoms with Crippen molar-refractivity contribution < 1.29 is 19.2 Å². The monoisotopic (exact) mass is 544 g/mol. The lowest BCUT2D eigenvalue weighted by Gasteiger charge is -2.15. The maximum atomic E-state index is 12.7. The van der Waals surface area contributed by atoms with Crippen LogP contribution >= 0.6 is 0 Å². The first-order valence-electron chi connectivity index (χ1n) is 12.6. The molecule has 41 heavy (non-hydrogen) atoms. The molecule has 9 nitrogen and oxygen atoms in total. The number of carbonyl (C=O) groups excluding carboxylic acids is 2. The highest BCUT2D eigenvalue weighted by molar-refractivity contribution is 5.97. The third-order valence-electron chi connectivity index (χ3n) is 6.38. The van der Waals surface area contributed by atoms with Crippen LogP contribution in [0.15, 0.2) is 120 Å². The molecule has 0 aliphatic carbocycles. The molecule has 1 heterocycles. The average Bonchev–Trinajstić information content (AvgIpc) is 3.41. The lowest BCUT2D eigenvalue weighted by molar-refractivity contribution is -0.384. The number of non-ortho nitro benzene ring substituents is 1. The lowest BCUT2D eigenvalue weighted by Crippen LogP contribution is -2.17. The van der Waals surface area contributed by atoms with Crippen LogP contribution in [0.3, 0.4) is 0 Å². The molecule has 5 rings (SSSR count). The van der Waals surface area contributed by atoms with Crippen LogP contribution in [0.25, 0.3) is 28.2 Å². The van der Waals surface area contributed by atoms with Gasteiger partial charge in [-0.25, -0.2) is 10.2 Å². The Morgan fingerprint density at radius 3 is 2.12 bits per heavy atom. The van der Waals surface area contributed by atoms with Crippen molar-refractivity contribution in [2.75, 3.05) is 7.11 Å². The fourth-order valence-electron chi connectivity index (χ4n) is 4.46. The third-order valence-corrected chi connectivity index (χ3v) is 6.38. The van der Waals surface area contributed by atoms with Crippen LogP contribution < -0.4 is 5.43 Å². The number of aromatic nitrogens is 1. The normalized spacial score (nSPS) is 10.9. The molecule has 0 bridgehead atoms. The zero-order valence-electron chi connectivity index (χ0n) is 21.9. The van der Waals surface area contributed by atoms with Gasteiger partial charge in [0.05, 0.1) is 35.2 Å². The van der Waals surface area contributed by atoms with Gasteiger partial charge in [0.2, 0.25) is 0 Å². The van der Waals surface area contributed by atoms with Gasteiger partial charge in [0, 0.05) is 28.9 Å². The number of nitrogens with one attached hydrogen (secondary N) is 1. The van der Waals surface area contributed by atoms with Crippen LogP contribution in [0.2, 0.25) is 0 Å². The first-order valence-corrected chi connectivity index (χ1v) is 12.6. The largest absolute Gasteiger partial charge is 0.465 e. The molecule has 1 amide bonds. The molecule has 202 valence electrons. The Morgan fingerprint density at radius 1 is 0.829 bits per heavy atom. The average molecular weight is 545 g/mol. The Kier molecular flexibility index (Phi) is 7.78. The zero-order valence-corrected chi connectivity index (χ0v) is 21.9. The smallest absolute Gasteiger partial charge is 0.337 e. The minimum Gasteiger partial charge on any atom is -0.465 e. The highest BCUT2D eigenvalue weighted by Crippen LogP contribution is 2.35. The van der Waals surface area contributed by atoms with Gasteiger partial charge < -0.3 is 9.30 Å². The van der Waals surface area contributed by atoms with Gasteiger partial charge in [-0.3, -0.25) is 14.9 Å². The van der Waals surface area contributed by atoms with E-state index in [-0.39, 0.29) is 11.3 Å². The van der Waals surface area contributed by atoms with Crippen molar-refractivity contribution in [3.8, 4) is 28.2 Å². The molecule has 1 aromatic heterocycles. The maximum absolute atomic E-state index is 12.7. The Bertz CT molecular complexity index is 1740. The van der Waals surface area contributed by atoms with Crippen LogP contribution in [0.1, 0.15) is 26.3 Å². The first-order chi connectivity index (χ1) is 20.0. The van der Waals surface area contributed by atoms with E-state index in [1.807, 2.05) is 78.9 Å². The number of hydrogen-bond donors (Lipinski definition) is 1. The molecule has 0 aliphatic heterocycles. The van der Waals surface area contributed by atoms with Gasteiger partial charge in [-0.05, 0) is 47.5 Å². The Morgan fingerprint density at radius 2 is 1.49 bits per heavy atom. The highest BCUT2D eigenvalue weighted by Gasteiger charge is 2.19. The van der Waals surface area contributed by atoms with Crippen LogP contribution in [-0.4, -0.2) is 34.7 Å².